The molecule has 1 aliphatic carbocycles. The molecule has 228 valence electrons. The number of fused-ring (bicyclic) bond motifs is 1. The van der Waals surface area contributed by atoms with Gasteiger partial charge in [0.25, 0.3) is 0 Å². The normalized spacial score (nSPS) is 17.2. The van der Waals surface area contributed by atoms with Crippen LogP contribution in [0.3, 0.4) is 0 Å². The maximum atomic E-state index is 13.0. The maximum absolute atomic E-state index is 13.0. The van der Waals surface area contributed by atoms with Crippen LogP contribution in [0.25, 0.3) is 10.9 Å². The van der Waals surface area contributed by atoms with E-state index in [9.17, 15) is 8.42 Å². The molecule has 7 nitrogen and oxygen atoms in total. The van der Waals surface area contributed by atoms with E-state index in [1.165, 1.54) is 19.3 Å². The smallest absolute Gasteiger partial charge is 0.243 e. The molecule has 41 heavy (non-hydrogen) atoms. The summed E-state index contributed by atoms with van der Waals surface area (Å²) in [6.07, 6.45) is 5.99. The van der Waals surface area contributed by atoms with Gasteiger partial charge in [0.1, 0.15) is 11.9 Å². The van der Waals surface area contributed by atoms with Gasteiger partial charge in [-0.05, 0) is 69.0 Å². The molecule has 0 bridgehead atoms. The first-order chi connectivity index (χ1) is 19.9. The zero-order chi connectivity index (χ0) is 30.4. The van der Waals surface area contributed by atoms with Crippen molar-refractivity contribution in [2.45, 2.75) is 97.6 Å². The van der Waals surface area contributed by atoms with E-state index in [4.69, 9.17) is 26.3 Å². The van der Waals surface area contributed by atoms with Crippen molar-refractivity contribution >= 4 is 32.5 Å². The highest BCUT2D eigenvalue weighted by Gasteiger charge is 2.31. The highest BCUT2D eigenvalue weighted by atomic mass is 35.5. The van der Waals surface area contributed by atoms with Crippen molar-refractivity contribution in [3.8, 4) is 5.88 Å². The zero-order valence-electron chi connectivity index (χ0n) is 25.9. The molecule has 0 radical (unpaired) electrons. The van der Waals surface area contributed by atoms with Gasteiger partial charge in [-0.2, -0.15) is 9.29 Å². The summed E-state index contributed by atoms with van der Waals surface area (Å²) < 4.78 is 34.0. The van der Waals surface area contributed by atoms with Gasteiger partial charge in [-0.25, -0.2) is 13.4 Å². The largest absolute Gasteiger partial charge is 0.474 e. The quantitative estimate of drug-likeness (QED) is 0.283. The molecule has 0 spiro atoms. The van der Waals surface area contributed by atoms with E-state index in [0.29, 0.717) is 42.9 Å². The number of halogens is 1. The van der Waals surface area contributed by atoms with Crippen LogP contribution < -0.4 is 4.74 Å². The van der Waals surface area contributed by atoms with Crippen LogP contribution in [0.2, 0.25) is 5.02 Å². The van der Waals surface area contributed by atoms with Crippen LogP contribution in [-0.2, 0) is 10.0 Å². The van der Waals surface area contributed by atoms with Gasteiger partial charge >= 0.3 is 0 Å². The van der Waals surface area contributed by atoms with Crippen LogP contribution in [0.1, 0.15) is 92.4 Å². The molecule has 2 fully saturated rings. The summed E-state index contributed by atoms with van der Waals surface area (Å²) in [5.41, 5.74) is 0.874. The molecule has 0 N–H and O–H groups in total. The second-order valence-electron chi connectivity index (χ2n) is 9.35. The number of rotatable bonds is 6. The van der Waals surface area contributed by atoms with Gasteiger partial charge < -0.3 is 4.74 Å². The summed E-state index contributed by atoms with van der Waals surface area (Å²) in [6, 6.07) is 14.3. The molecule has 1 aliphatic heterocycles. The number of hydrogen-bond acceptors (Lipinski definition) is 6. The summed E-state index contributed by atoms with van der Waals surface area (Å²) >= 11 is 5.93. The lowest BCUT2D eigenvalue weighted by Gasteiger charge is -2.37. The Bertz CT molecular complexity index is 1270. The first-order valence-electron chi connectivity index (χ1n) is 15.3. The lowest BCUT2D eigenvalue weighted by Crippen LogP contribution is -2.49. The summed E-state index contributed by atoms with van der Waals surface area (Å²) in [5.74, 6) is 1.37. The number of ether oxygens (including phenoxy) is 1. The third-order valence-corrected chi connectivity index (χ3v) is 9.23. The topological polar surface area (TPSA) is 75.6 Å². The molecule has 1 saturated heterocycles. The summed E-state index contributed by atoms with van der Waals surface area (Å²) in [4.78, 5) is 12.2. The summed E-state index contributed by atoms with van der Waals surface area (Å²) in [6.45, 7) is 16.1. The van der Waals surface area contributed by atoms with E-state index in [-0.39, 0.29) is 17.0 Å². The van der Waals surface area contributed by atoms with Crippen molar-refractivity contribution in [3.63, 3.8) is 0 Å². The van der Waals surface area contributed by atoms with Gasteiger partial charge in [0.15, 0.2) is 0 Å². The zero-order valence-corrected chi connectivity index (χ0v) is 27.5. The van der Waals surface area contributed by atoms with Crippen molar-refractivity contribution in [1.29, 1.82) is 0 Å². The fraction of sp³-hybridized carbons (Fsp3) is 0.562. The third-order valence-electron chi connectivity index (χ3n) is 7.06. The highest BCUT2D eigenvalue weighted by molar-refractivity contribution is 7.89. The van der Waals surface area contributed by atoms with Gasteiger partial charge in [0.2, 0.25) is 15.9 Å². The lowest BCUT2D eigenvalue weighted by atomic mass is 9.98. The number of sulfonamides is 1. The fourth-order valence-electron chi connectivity index (χ4n) is 4.93. The van der Waals surface area contributed by atoms with Crippen molar-refractivity contribution in [2.24, 2.45) is 0 Å². The monoisotopic (exact) mass is 604 g/mol. The Labute approximate surface area is 253 Å². The van der Waals surface area contributed by atoms with Gasteiger partial charge in [-0.3, -0.25) is 4.90 Å². The van der Waals surface area contributed by atoms with Crippen LogP contribution in [0, 0.1) is 0 Å². The standard InChI is InChI=1S/C26H31ClN4O3S.3C2H6/c1-19(30-15-17-31(18-16-30)35(32,33)22-13-11-20(27)12-14-22)25-28-24-10-6-5-9-23(24)26(29-25)34-21-7-3-2-4-8-21;3*1-2/h5-6,9-14,19,21H,2-4,7-8,15-18H2,1H3;3*1-2H3. The minimum Gasteiger partial charge on any atom is -0.474 e. The fourth-order valence-corrected chi connectivity index (χ4v) is 6.48. The van der Waals surface area contributed by atoms with E-state index in [0.717, 1.165) is 23.7 Å². The first-order valence-corrected chi connectivity index (χ1v) is 17.2. The Morgan fingerprint density at radius 2 is 1.41 bits per heavy atom. The highest BCUT2D eigenvalue weighted by Crippen LogP contribution is 2.30. The van der Waals surface area contributed by atoms with E-state index < -0.39 is 10.0 Å². The third kappa shape index (κ3) is 9.11. The number of piperazine rings is 1. The van der Waals surface area contributed by atoms with E-state index in [2.05, 4.69) is 11.8 Å². The van der Waals surface area contributed by atoms with Gasteiger partial charge in [-0.1, -0.05) is 71.7 Å². The molecule has 5 rings (SSSR count). The molecular weight excluding hydrogens is 556 g/mol. The second-order valence-corrected chi connectivity index (χ2v) is 11.7. The Balaban J connectivity index is 0.000000921. The van der Waals surface area contributed by atoms with Crippen molar-refractivity contribution < 1.29 is 13.2 Å². The van der Waals surface area contributed by atoms with Gasteiger partial charge in [-0.15, -0.1) is 0 Å². The summed E-state index contributed by atoms with van der Waals surface area (Å²) in [5, 5.41) is 1.46. The Morgan fingerprint density at radius 1 is 0.829 bits per heavy atom. The summed E-state index contributed by atoms with van der Waals surface area (Å²) in [7, 11) is -3.55. The molecule has 2 aromatic carbocycles. The van der Waals surface area contributed by atoms with Crippen LogP contribution in [0.15, 0.2) is 53.4 Å². The van der Waals surface area contributed by atoms with Crippen LogP contribution in [-0.4, -0.2) is 59.9 Å². The lowest BCUT2D eigenvalue weighted by molar-refractivity contribution is 0.135. The number of para-hydroxylation sites is 1. The maximum Gasteiger partial charge on any atom is 0.243 e. The predicted molar refractivity (Wildman–Crippen MR) is 171 cm³/mol. The second kappa shape index (κ2) is 17.6. The SMILES string of the molecule is CC.CC.CC.CC(c1nc(OC2CCCCC2)c2ccccc2n1)N1CCN(S(=O)(=O)c2ccc(Cl)cc2)CC1. The molecule has 2 heterocycles. The number of benzene rings is 2. The number of nitrogens with zero attached hydrogens (tertiary/aromatic N) is 4. The number of hydrogen-bond donors (Lipinski definition) is 0. The minimum atomic E-state index is -3.55. The van der Waals surface area contributed by atoms with Gasteiger partial charge in [0.05, 0.1) is 21.8 Å². The molecule has 0 amide bonds. The van der Waals surface area contributed by atoms with Crippen LogP contribution >= 0.6 is 11.6 Å². The molecule has 1 atom stereocenters. The Kier molecular flexibility index (Phi) is 15.0. The molecule has 1 aromatic heterocycles. The van der Waals surface area contributed by atoms with E-state index >= 15 is 0 Å². The Morgan fingerprint density at radius 3 is 2.02 bits per heavy atom. The first kappa shape index (κ1) is 34.9. The van der Waals surface area contributed by atoms with Crippen molar-refractivity contribution in [2.75, 3.05) is 26.2 Å². The molecule has 9 heteroatoms. The molecule has 3 aromatic rings. The van der Waals surface area contributed by atoms with Crippen LogP contribution in [0.4, 0.5) is 0 Å². The van der Waals surface area contributed by atoms with Crippen LogP contribution in [0.5, 0.6) is 5.88 Å². The molecule has 1 unspecified atom stereocenters. The van der Waals surface area contributed by atoms with Gasteiger partial charge in [0, 0.05) is 31.2 Å². The van der Waals surface area contributed by atoms with Crippen molar-refractivity contribution in [3.05, 3.63) is 59.4 Å². The Hall–Kier alpha value is -2.26. The average molecular weight is 605 g/mol. The minimum absolute atomic E-state index is 0.0614. The molecule has 1 saturated carbocycles. The van der Waals surface area contributed by atoms with E-state index in [1.807, 2.05) is 65.8 Å². The molecular formula is C32H49ClN4O3S. The predicted octanol–water partition coefficient (Wildman–Crippen LogP) is 8.14. The van der Waals surface area contributed by atoms with Crippen molar-refractivity contribution in [1.82, 2.24) is 19.2 Å². The number of aromatic nitrogens is 2. The average Bonchev–Trinajstić information content (AvgIpc) is 3.04. The molecule has 2 aliphatic rings. The van der Waals surface area contributed by atoms with E-state index in [1.54, 1.807) is 28.6 Å².